The Kier molecular flexibility index (Phi) is 3.99. The zero-order valence-corrected chi connectivity index (χ0v) is 11.3. The molecule has 1 fully saturated rings. The summed E-state index contributed by atoms with van der Waals surface area (Å²) >= 11 is 13.0. The van der Waals surface area contributed by atoms with E-state index in [0.29, 0.717) is 11.6 Å². The van der Waals surface area contributed by atoms with Crippen molar-refractivity contribution in [3.05, 3.63) is 28.0 Å². The SMILES string of the molecule is O=C(O)C1CSCN1C(=O)c1nc(Cl)ccc1Cl. The monoisotopic (exact) mass is 306 g/mol. The predicted octanol–water partition coefficient (Wildman–Crippen LogP) is 1.99. The molecule has 1 unspecified atom stereocenters. The second kappa shape index (κ2) is 5.34. The summed E-state index contributed by atoms with van der Waals surface area (Å²) in [6, 6.07) is 2.08. The fourth-order valence-corrected chi connectivity index (χ4v) is 3.03. The van der Waals surface area contributed by atoms with Crippen molar-refractivity contribution in [2.24, 2.45) is 0 Å². The van der Waals surface area contributed by atoms with E-state index < -0.39 is 17.9 Å². The van der Waals surface area contributed by atoms with Gasteiger partial charge in [0.15, 0.2) is 0 Å². The molecule has 1 N–H and O–H groups in total. The first-order chi connectivity index (χ1) is 8.50. The van der Waals surface area contributed by atoms with Crippen molar-refractivity contribution < 1.29 is 14.7 Å². The summed E-state index contributed by atoms with van der Waals surface area (Å²) in [6.07, 6.45) is 0. The maximum atomic E-state index is 12.2. The molecule has 8 heteroatoms. The molecule has 2 heterocycles. The minimum absolute atomic E-state index is 0.0158. The van der Waals surface area contributed by atoms with Crippen LogP contribution in [0.2, 0.25) is 10.2 Å². The molecule has 5 nitrogen and oxygen atoms in total. The van der Waals surface area contributed by atoms with Crippen LogP contribution in [0.3, 0.4) is 0 Å². The van der Waals surface area contributed by atoms with Crippen LogP contribution in [0.4, 0.5) is 0 Å². The topological polar surface area (TPSA) is 70.5 Å². The number of aliphatic carboxylic acids is 1. The number of carbonyl (C=O) groups is 2. The lowest BCUT2D eigenvalue weighted by molar-refractivity contribution is -0.140. The Bertz CT molecular complexity index is 512. The normalized spacial score (nSPS) is 19.0. The third kappa shape index (κ3) is 2.55. The van der Waals surface area contributed by atoms with Gasteiger partial charge in [0.25, 0.3) is 5.91 Å². The van der Waals surface area contributed by atoms with Gasteiger partial charge in [-0.05, 0) is 12.1 Å². The van der Waals surface area contributed by atoms with Crippen molar-refractivity contribution in [3.8, 4) is 0 Å². The van der Waals surface area contributed by atoms with E-state index in [1.54, 1.807) is 0 Å². The lowest BCUT2D eigenvalue weighted by Crippen LogP contribution is -2.42. The van der Waals surface area contributed by atoms with Crippen molar-refractivity contribution in [2.45, 2.75) is 6.04 Å². The first-order valence-corrected chi connectivity index (χ1v) is 6.85. The fraction of sp³-hybridized carbons (Fsp3) is 0.300. The van der Waals surface area contributed by atoms with E-state index in [1.807, 2.05) is 0 Å². The van der Waals surface area contributed by atoms with Gasteiger partial charge in [-0.1, -0.05) is 23.2 Å². The average Bonchev–Trinajstić information content (AvgIpc) is 2.80. The van der Waals surface area contributed by atoms with Crippen molar-refractivity contribution in [1.82, 2.24) is 9.88 Å². The van der Waals surface area contributed by atoms with E-state index in [1.165, 1.54) is 28.8 Å². The molecule has 1 saturated heterocycles. The van der Waals surface area contributed by atoms with Gasteiger partial charge in [0, 0.05) is 5.75 Å². The van der Waals surface area contributed by atoms with Gasteiger partial charge in [0.1, 0.15) is 16.9 Å². The van der Waals surface area contributed by atoms with Gasteiger partial charge in [-0.3, -0.25) is 4.79 Å². The molecule has 1 aliphatic heterocycles. The van der Waals surface area contributed by atoms with Crippen LogP contribution in [-0.4, -0.2) is 44.5 Å². The molecule has 96 valence electrons. The van der Waals surface area contributed by atoms with E-state index in [2.05, 4.69) is 4.98 Å². The van der Waals surface area contributed by atoms with E-state index in [-0.39, 0.29) is 15.9 Å². The molecule has 1 atom stereocenters. The lowest BCUT2D eigenvalue weighted by atomic mass is 10.2. The van der Waals surface area contributed by atoms with Crippen molar-refractivity contribution in [2.75, 3.05) is 11.6 Å². The predicted molar refractivity (Wildman–Crippen MR) is 69.2 cm³/mol. The highest BCUT2D eigenvalue weighted by molar-refractivity contribution is 7.99. The minimum atomic E-state index is -1.04. The van der Waals surface area contributed by atoms with Gasteiger partial charge >= 0.3 is 5.97 Å². The van der Waals surface area contributed by atoms with Crippen LogP contribution in [0.15, 0.2) is 12.1 Å². The van der Waals surface area contributed by atoms with Crippen molar-refractivity contribution >= 4 is 46.8 Å². The van der Waals surface area contributed by atoms with Crippen LogP contribution in [0.5, 0.6) is 0 Å². The quantitative estimate of drug-likeness (QED) is 0.846. The van der Waals surface area contributed by atoms with Crippen molar-refractivity contribution in [3.63, 3.8) is 0 Å². The second-order valence-corrected chi connectivity index (χ2v) is 5.39. The number of hydrogen-bond acceptors (Lipinski definition) is 4. The Morgan fingerprint density at radius 3 is 2.83 bits per heavy atom. The van der Waals surface area contributed by atoms with Gasteiger partial charge in [0.2, 0.25) is 0 Å². The molecule has 0 radical (unpaired) electrons. The number of carbonyl (C=O) groups excluding carboxylic acids is 1. The van der Waals surface area contributed by atoms with Crippen LogP contribution in [0.1, 0.15) is 10.5 Å². The molecule has 1 aliphatic rings. The molecule has 0 saturated carbocycles. The number of rotatable bonds is 2. The molecular weight excluding hydrogens is 299 g/mol. The number of carboxylic acid groups (broad SMARTS) is 1. The molecule has 1 aromatic heterocycles. The van der Waals surface area contributed by atoms with Crippen LogP contribution in [0, 0.1) is 0 Å². The molecule has 2 rings (SSSR count). The number of amides is 1. The molecule has 18 heavy (non-hydrogen) atoms. The van der Waals surface area contributed by atoms with Gasteiger partial charge in [-0.25, -0.2) is 9.78 Å². The highest BCUT2D eigenvalue weighted by atomic mass is 35.5. The Hall–Kier alpha value is -0.980. The summed E-state index contributed by atoms with van der Waals surface area (Å²) in [7, 11) is 0. The Labute approximate surface area is 117 Å². The largest absolute Gasteiger partial charge is 0.480 e. The summed E-state index contributed by atoms with van der Waals surface area (Å²) in [5.74, 6) is -0.883. The smallest absolute Gasteiger partial charge is 0.327 e. The van der Waals surface area contributed by atoms with E-state index >= 15 is 0 Å². The van der Waals surface area contributed by atoms with Gasteiger partial charge in [-0.2, -0.15) is 0 Å². The van der Waals surface area contributed by atoms with Gasteiger partial charge in [0.05, 0.1) is 10.9 Å². The number of pyridine rings is 1. The lowest BCUT2D eigenvalue weighted by Gasteiger charge is -2.20. The van der Waals surface area contributed by atoms with Gasteiger partial charge < -0.3 is 10.0 Å². The maximum Gasteiger partial charge on any atom is 0.327 e. The number of halogens is 2. The van der Waals surface area contributed by atoms with Crippen LogP contribution in [-0.2, 0) is 4.79 Å². The molecule has 0 bridgehead atoms. The standard InChI is InChI=1S/C10H8Cl2N2O3S/c11-5-1-2-7(12)13-8(5)9(15)14-4-18-3-6(14)10(16)17/h1-2,6H,3-4H2,(H,16,17). The third-order valence-corrected chi connectivity index (χ3v) is 3.97. The Morgan fingerprint density at radius 1 is 1.44 bits per heavy atom. The third-order valence-electron chi connectivity index (χ3n) is 2.44. The average molecular weight is 307 g/mol. The van der Waals surface area contributed by atoms with Gasteiger partial charge in [-0.15, -0.1) is 11.8 Å². The molecule has 0 aromatic carbocycles. The molecule has 0 spiro atoms. The zero-order valence-electron chi connectivity index (χ0n) is 8.97. The second-order valence-electron chi connectivity index (χ2n) is 3.59. The van der Waals surface area contributed by atoms with Crippen LogP contribution >= 0.6 is 35.0 Å². The summed E-state index contributed by atoms with van der Waals surface area (Å²) in [5.41, 5.74) is -0.0158. The van der Waals surface area contributed by atoms with Crippen molar-refractivity contribution in [1.29, 1.82) is 0 Å². The highest BCUT2D eigenvalue weighted by Crippen LogP contribution is 2.25. The minimum Gasteiger partial charge on any atom is -0.480 e. The number of nitrogens with zero attached hydrogens (tertiary/aromatic N) is 2. The van der Waals surface area contributed by atoms with E-state index in [9.17, 15) is 9.59 Å². The summed E-state index contributed by atoms with van der Waals surface area (Å²) in [4.78, 5) is 28.3. The summed E-state index contributed by atoms with van der Waals surface area (Å²) < 4.78 is 0. The molecule has 0 aliphatic carbocycles. The zero-order chi connectivity index (χ0) is 13.3. The van der Waals surface area contributed by atoms with Crippen LogP contribution in [0.25, 0.3) is 0 Å². The summed E-state index contributed by atoms with van der Waals surface area (Å²) in [5, 5.41) is 9.31. The number of carboxylic acids is 1. The number of aromatic nitrogens is 1. The fourth-order valence-electron chi connectivity index (χ4n) is 1.55. The first-order valence-electron chi connectivity index (χ1n) is 4.94. The highest BCUT2D eigenvalue weighted by Gasteiger charge is 2.36. The maximum absolute atomic E-state index is 12.2. The van der Waals surface area contributed by atoms with E-state index in [4.69, 9.17) is 28.3 Å². The molecular formula is C10H8Cl2N2O3S. The Morgan fingerprint density at radius 2 is 2.17 bits per heavy atom. The summed E-state index contributed by atoms with van der Waals surface area (Å²) in [6.45, 7) is 0. The first kappa shape index (κ1) is 13.5. The molecule has 1 amide bonds. The Balaban J connectivity index is 2.31. The molecule has 1 aromatic rings. The number of thioether (sulfide) groups is 1. The van der Waals surface area contributed by atoms with E-state index in [0.717, 1.165) is 0 Å². The number of hydrogen-bond donors (Lipinski definition) is 1. The van der Waals surface area contributed by atoms with Crippen LogP contribution < -0.4 is 0 Å².